The van der Waals surface area contributed by atoms with Crippen molar-refractivity contribution in [1.82, 2.24) is 19.8 Å². The molecule has 1 aromatic heterocycles. The Hall–Kier alpha value is -2.14. The highest BCUT2D eigenvalue weighted by Crippen LogP contribution is 2.16. The quantitative estimate of drug-likeness (QED) is 0.938. The SMILES string of the molecule is O=C(N[C@H]1CCc2nccn2C1)c1cccc(CN2CCCC2)c1. The van der Waals surface area contributed by atoms with Crippen molar-refractivity contribution in [3.05, 3.63) is 53.6 Å². The zero-order valence-corrected chi connectivity index (χ0v) is 13.9. The third-order valence-electron chi connectivity index (χ3n) is 5.06. The van der Waals surface area contributed by atoms with Crippen LogP contribution in [0.15, 0.2) is 36.7 Å². The van der Waals surface area contributed by atoms with Gasteiger partial charge in [0.05, 0.1) is 0 Å². The number of likely N-dealkylation sites (tertiary alicyclic amines) is 1. The molecule has 0 radical (unpaired) electrons. The van der Waals surface area contributed by atoms with Crippen LogP contribution in [0.1, 0.15) is 41.0 Å². The van der Waals surface area contributed by atoms with Crippen LogP contribution < -0.4 is 5.32 Å². The van der Waals surface area contributed by atoms with E-state index in [2.05, 4.69) is 25.8 Å². The Balaban J connectivity index is 1.39. The number of aryl methyl sites for hydroxylation is 1. The number of imidazole rings is 1. The summed E-state index contributed by atoms with van der Waals surface area (Å²) in [4.78, 5) is 19.4. The lowest BCUT2D eigenvalue weighted by atomic mass is 10.1. The molecule has 0 saturated carbocycles. The first-order valence-electron chi connectivity index (χ1n) is 8.90. The van der Waals surface area contributed by atoms with Crippen molar-refractivity contribution in [1.29, 1.82) is 0 Å². The number of fused-ring (bicyclic) bond motifs is 1. The van der Waals surface area contributed by atoms with E-state index in [9.17, 15) is 4.79 Å². The van der Waals surface area contributed by atoms with Crippen molar-refractivity contribution in [2.45, 2.75) is 44.8 Å². The largest absolute Gasteiger partial charge is 0.347 e. The number of hydrogen-bond donors (Lipinski definition) is 1. The lowest BCUT2D eigenvalue weighted by Gasteiger charge is -2.25. The van der Waals surface area contributed by atoms with Crippen LogP contribution in [-0.4, -0.2) is 39.5 Å². The Bertz CT molecular complexity index is 718. The molecule has 5 heteroatoms. The first-order chi connectivity index (χ1) is 11.8. The number of carbonyl (C=O) groups excluding carboxylic acids is 1. The third kappa shape index (κ3) is 3.36. The van der Waals surface area contributed by atoms with Crippen molar-refractivity contribution >= 4 is 5.91 Å². The van der Waals surface area contributed by atoms with Crippen molar-refractivity contribution in [3.63, 3.8) is 0 Å². The van der Waals surface area contributed by atoms with E-state index in [-0.39, 0.29) is 11.9 Å². The molecule has 1 N–H and O–H groups in total. The van der Waals surface area contributed by atoms with Crippen LogP contribution in [0.25, 0.3) is 0 Å². The second kappa shape index (κ2) is 6.77. The van der Waals surface area contributed by atoms with Crippen LogP contribution in [0.3, 0.4) is 0 Å². The lowest BCUT2D eigenvalue weighted by molar-refractivity contribution is 0.0927. The van der Waals surface area contributed by atoms with Gasteiger partial charge in [0.1, 0.15) is 5.82 Å². The molecule has 2 aliphatic rings. The molecule has 24 heavy (non-hydrogen) atoms. The molecule has 126 valence electrons. The summed E-state index contributed by atoms with van der Waals surface area (Å²) < 4.78 is 2.14. The molecule has 1 amide bonds. The van der Waals surface area contributed by atoms with Crippen LogP contribution in [0.4, 0.5) is 0 Å². The molecule has 1 aromatic carbocycles. The second-order valence-corrected chi connectivity index (χ2v) is 6.89. The zero-order chi connectivity index (χ0) is 16.4. The van der Waals surface area contributed by atoms with Crippen molar-refractivity contribution in [2.24, 2.45) is 0 Å². The summed E-state index contributed by atoms with van der Waals surface area (Å²) in [6, 6.07) is 8.25. The van der Waals surface area contributed by atoms with E-state index in [1.165, 1.54) is 31.5 Å². The van der Waals surface area contributed by atoms with Gasteiger partial charge in [-0.3, -0.25) is 9.69 Å². The number of carbonyl (C=O) groups is 1. The molecule has 0 bridgehead atoms. The minimum Gasteiger partial charge on any atom is -0.347 e. The maximum atomic E-state index is 12.6. The van der Waals surface area contributed by atoms with Gasteiger partial charge in [-0.05, 0) is 50.0 Å². The monoisotopic (exact) mass is 324 g/mol. The minimum absolute atomic E-state index is 0.0341. The first-order valence-corrected chi connectivity index (χ1v) is 8.90. The molecule has 5 nitrogen and oxygen atoms in total. The number of amides is 1. The maximum absolute atomic E-state index is 12.6. The maximum Gasteiger partial charge on any atom is 0.251 e. The molecule has 1 fully saturated rings. The van der Waals surface area contributed by atoms with Gasteiger partial charge in [0, 0.05) is 43.5 Å². The third-order valence-corrected chi connectivity index (χ3v) is 5.06. The number of nitrogens with zero attached hydrogens (tertiary/aromatic N) is 3. The summed E-state index contributed by atoms with van der Waals surface area (Å²) in [5.41, 5.74) is 1.99. The average Bonchev–Trinajstić information content (AvgIpc) is 3.26. The molecule has 1 atom stereocenters. The van der Waals surface area contributed by atoms with Gasteiger partial charge in [-0.1, -0.05) is 12.1 Å². The van der Waals surface area contributed by atoms with E-state index in [1.54, 1.807) is 0 Å². The molecule has 0 unspecified atom stereocenters. The fourth-order valence-electron chi connectivity index (χ4n) is 3.76. The Morgan fingerprint density at radius 1 is 1.29 bits per heavy atom. The molecule has 3 heterocycles. The van der Waals surface area contributed by atoms with E-state index >= 15 is 0 Å². The number of aromatic nitrogens is 2. The molecular weight excluding hydrogens is 300 g/mol. The van der Waals surface area contributed by atoms with E-state index in [1.807, 2.05) is 30.6 Å². The molecule has 2 aromatic rings. The molecule has 1 saturated heterocycles. The average molecular weight is 324 g/mol. The van der Waals surface area contributed by atoms with E-state index in [0.717, 1.165) is 37.3 Å². The summed E-state index contributed by atoms with van der Waals surface area (Å²) in [6.45, 7) is 4.11. The Morgan fingerprint density at radius 2 is 2.17 bits per heavy atom. The Morgan fingerprint density at radius 3 is 3.04 bits per heavy atom. The zero-order valence-electron chi connectivity index (χ0n) is 13.9. The van der Waals surface area contributed by atoms with E-state index < -0.39 is 0 Å². The molecule has 4 rings (SSSR count). The normalized spacial score (nSPS) is 20.8. The van der Waals surface area contributed by atoms with Gasteiger partial charge in [0.25, 0.3) is 5.91 Å². The van der Waals surface area contributed by atoms with Crippen LogP contribution in [0.2, 0.25) is 0 Å². The molecule has 0 aliphatic carbocycles. The van der Waals surface area contributed by atoms with Gasteiger partial charge >= 0.3 is 0 Å². The fraction of sp³-hybridized carbons (Fsp3) is 0.474. The van der Waals surface area contributed by atoms with Gasteiger partial charge in [-0.25, -0.2) is 4.98 Å². The van der Waals surface area contributed by atoms with Crippen LogP contribution in [0, 0.1) is 0 Å². The predicted molar refractivity (Wildman–Crippen MR) is 92.8 cm³/mol. The molecule has 0 spiro atoms. The van der Waals surface area contributed by atoms with E-state index in [0.29, 0.717) is 0 Å². The summed E-state index contributed by atoms with van der Waals surface area (Å²) >= 11 is 0. The highest BCUT2D eigenvalue weighted by atomic mass is 16.1. The van der Waals surface area contributed by atoms with Crippen LogP contribution in [0.5, 0.6) is 0 Å². The number of hydrogen-bond acceptors (Lipinski definition) is 3. The van der Waals surface area contributed by atoms with Gasteiger partial charge in [0.15, 0.2) is 0 Å². The smallest absolute Gasteiger partial charge is 0.251 e. The molecular formula is C19H24N4O. The summed E-state index contributed by atoms with van der Waals surface area (Å²) in [5.74, 6) is 1.15. The number of rotatable bonds is 4. The van der Waals surface area contributed by atoms with Crippen LogP contribution >= 0.6 is 0 Å². The van der Waals surface area contributed by atoms with E-state index in [4.69, 9.17) is 0 Å². The lowest BCUT2D eigenvalue weighted by Crippen LogP contribution is -2.40. The summed E-state index contributed by atoms with van der Waals surface area (Å²) in [6.07, 6.45) is 8.28. The standard InChI is InChI=1S/C19H24N4O/c24-19(21-17-6-7-18-20-8-11-23(18)14-17)16-5-3-4-15(12-16)13-22-9-1-2-10-22/h3-5,8,11-12,17H,1-2,6-7,9-10,13-14H2,(H,21,24)/t17-/m0/s1. The van der Waals surface area contributed by atoms with Crippen molar-refractivity contribution < 1.29 is 4.79 Å². The topological polar surface area (TPSA) is 50.2 Å². The van der Waals surface area contributed by atoms with Gasteiger partial charge in [-0.2, -0.15) is 0 Å². The fourth-order valence-corrected chi connectivity index (χ4v) is 3.76. The van der Waals surface area contributed by atoms with Crippen molar-refractivity contribution in [3.8, 4) is 0 Å². The van der Waals surface area contributed by atoms with Crippen LogP contribution in [-0.2, 0) is 19.5 Å². The van der Waals surface area contributed by atoms with Gasteiger partial charge < -0.3 is 9.88 Å². The Labute approximate surface area is 142 Å². The van der Waals surface area contributed by atoms with Gasteiger partial charge in [0.2, 0.25) is 0 Å². The molecule has 2 aliphatic heterocycles. The second-order valence-electron chi connectivity index (χ2n) is 6.89. The number of benzene rings is 1. The summed E-state index contributed by atoms with van der Waals surface area (Å²) in [7, 11) is 0. The highest BCUT2D eigenvalue weighted by molar-refractivity contribution is 5.94. The highest BCUT2D eigenvalue weighted by Gasteiger charge is 2.21. The first kappa shape index (κ1) is 15.4. The van der Waals surface area contributed by atoms with Crippen molar-refractivity contribution in [2.75, 3.05) is 13.1 Å². The number of nitrogens with one attached hydrogen (secondary N) is 1. The van der Waals surface area contributed by atoms with Gasteiger partial charge in [-0.15, -0.1) is 0 Å². The summed E-state index contributed by atoms with van der Waals surface area (Å²) in [5, 5.41) is 3.19. The minimum atomic E-state index is 0.0341. The predicted octanol–water partition coefficient (Wildman–Crippen LogP) is 2.22. The Kier molecular flexibility index (Phi) is 4.34.